The third-order valence-electron chi connectivity index (χ3n) is 5.71. The second-order valence-electron chi connectivity index (χ2n) is 7.70. The fraction of sp³-hybridized carbons (Fsp3) is 1.00. The van der Waals surface area contributed by atoms with Crippen molar-refractivity contribution in [3.63, 3.8) is 0 Å². The second-order valence-corrected chi connectivity index (χ2v) is 7.70. The van der Waals surface area contributed by atoms with E-state index in [-0.39, 0.29) is 0 Å². The maximum absolute atomic E-state index is 5.98. The van der Waals surface area contributed by atoms with E-state index >= 15 is 0 Å². The topological polar surface area (TPSA) is 18.5 Å². The van der Waals surface area contributed by atoms with Crippen molar-refractivity contribution in [2.45, 2.75) is 94.3 Å². The first-order valence-corrected chi connectivity index (χ1v) is 9.52. The van der Waals surface area contributed by atoms with Gasteiger partial charge in [0.25, 0.3) is 0 Å². The lowest BCUT2D eigenvalue weighted by atomic mass is 9.62. The van der Waals surface area contributed by atoms with E-state index in [1.54, 1.807) is 0 Å². The highest BCUT2D eigenvalue weighted by molar-refractivity contribution is 4.97. The molecule has 2 aliphatic rings. The van der Waals surface area contributed by atoms with Crippen LogP contribution in [0.15, 0.2) is 0 Å². The van der Waals surface area contributed by atoms with Gasteiger partial charge < -0.3 is 9.47 Å². The Morgan fingerprint density at radius 3 is 1.82 bits per heavy atom. The summed E-state index contributed by atoms with van der Waals surface area (Å²) < 4.78 is 12.0. The molecule has 22 heavy (non-hydrogen) atoms. The molecule has 5 atom stereocenters. The van der Waals surface area contributed by atoms with Crippen LogP contribution in [-0.2, 0) is 9.47 Å². The van der Waals surface area contributed by atoms with Crippen molar-refractivity contribution in [3.8, 4) is 0 Å². The van der Waals surface area contributed by atoms with Crippen molar-refractivity contribution in [2.24, 2.45) is 22.7 Å². The SMILES string of the molecule is CC.CC.CCC(C)(CC1COC2C(C)COC12)C(C)(C)C. The van der Waals surface area contributed by atoms with Crippen molar-refractivity contribution < 1.29 is 9.47 Å². The van der Waals surface area contributed by atoms with Crippen molar-refractivity contribution in [1.82, 2.24) is 0 Å². The minimum absolute atomic E-state index is 0.337. The number of hydrogen-bond donors (Lipinski definition) is 0. The van der Waals surface area contributed by atoms with Crippen LogP contribution < -0.4 is 0 Å². The van der Waals surface area contributed by atoms with E-state index in [1.165, 1.54) is 12.8 Å². The minimum Gasteiger partial charge on any atom is -0.375 e. The fourth-order valence-corrected chi connectivity index (χ4v) is 3.50. The Bertz CT molecular complexity index is 295. The van der Waals surface area contributed by atoms with Gasteiger partial charge >= 0.3 is 0 Å². The summed E-state index contributed by atoms with van der Waals surface area (Å²) in [7, 11) is 0. The predicted octanol–water partition coefficient (Wildman–Crippen LogP) is 5.94. The van der Waals surface area contributed by atoms with Gasteiger partial charge in [-0.05, 0) is 17.3 Å². The molecule has 2 rings (SSSR count). The summed E-state index contributed by atoms with van der Waals surface area (Å²) in [5.41, 5.74) is 0.704. The minimum atomic E-state index is 0.337. The Hall–Kier alpha value is -0.0800. The van der Waals surface area contributed by atoms with E-state index in [0.717, 1.165) is 13.2 Å². The lowest BCUT2D eigenvalue weighted by molar-refractivity contribution is 0.0187. The van der Waals surface area contributed by atoms with E-state index in [2.05, 4.69) is 41.5 Å². The third kappa shape index (κ3) is 4.71. The molecule has 2 heterocycles. The highest BCUT2D eigenvalue weighted by Crippen LogP contribution is 2.49. The predicted molar refractivity (Wildman–Crippen MR) is 97.3 cm³/mol. The van der Waals surface area contributed by atoms with Gasteiger partial charge in [0, 0.05) is 11.8 Å². The molecule has 134 valence electrons. The Balaban J connectivity index is 0.00000102. The van der Waals surface area contributed by atoms with Crippen LogP contribution in [0.1, 0.15) is 82.1 Å². The molecule has 0 N–H and O–H groups in total. The quantitative estimate of drug-likeness (QED) is 0.641. The zero-order valence-electron chi connectivity index (χ0n) is 17.0. The maximum Gasteiger partial charge on any atom is 0.0890 e. The van der Waals surface area contributed by atoms with Crippen LogP contribution in [0.25, 0.3) is 0 Å². The highest BCUT2D eigenvalue weighted by atomic mass is 16.6. The van der Waals surface area contributed by atoms with Gasteiger partial charge in [0.05, 0.1) is 25.4 Å². The average Bonchev–Trinajstić information content (AvgIpc) is 3.06. The van der Waals surface area contributed by atoms with Crippen LogP contribution in [0.5, 0.6) is 0 Å². The molecule has 0 bridgehead atoms. The van der Waals surface area contributed by atoms with Crippen molar-refractivity contribution in [2.75, 3.05) is 13.2 Å². The first-order valence-electron chi connectivity index (χ1n) is 9.52. The fourth-order valence-electron chi connectivity index (χ4n) is 3.50. The molecule has 2 nitrogen and oxygen atoms in total. The van der Waals surface area contributed by atoms with Crippen LogP contribution in [0, 0.1) is 22.7 Å². The molecule has 5 unspecified atom stereocenters. The van der Waals surface area contributed by atoms with Crippen molar-refractivity contribution in [1.29, 1.82) is 0 Å². The Morgan fingerprint density at radius 2 is 1.36 bits per heavy atom. The third-order valence-corrected chi connectivity index (χ3v) is 5.71. The summed E-state index contributed by atoms with van der Waals surface area (Å²) >= 11 is 0. The van der Waals surface area contributed by atoms with E-state index in [9.17, 15) is 0 Å². The molecule has 0 spiro atoms. The number of hydrogen-bond acceptors (Lipinski definition) is 2. The molecular weight excluding hydrogens is 272 g/mol. The molecule has 0 saturated carbocycles. The van der Waals surface area contributed by atoms with Gasteiger partial charge in [-0.2, -0.15) is 0 Å². The maximum atomic E-state index is 5.98. The van der Waals surface area contributed by atoms with Gasteiger partial charge in [0.15, 0.2) is 0 Å². The van der Waals surface area contributed by atoms with E-state index in [4.69, 9.17) is 9.47 Å². The summed E-state index contributed by atoms with van der Waals surface area (Å²) in [5.74, 6) is 1.16. The number of fused-ring (bicyclic) bond motifs is 1. The van der Waals surface area contributed by atoms with Crippen LogP contribution >= 0.6 is 0 Å². The lowest BCUT2D eigenvalue weighted by Gasteiger charge is -2.43. The van der Waals surface area contributed by atoms with E-state index < -0.39 is 0 Å². The molecule has 2 fully saturated rings. The smallest absolute Gasteiger partial charge is 0.0890 e. The molecule has 0 amide bonds. The largest absolute Gasteiger partial charge is 0.375 e. The van der Waals surface area contributed by atoms with E-state index in [1.807, 2.05) is 27.7 Å². The molecule has 0 aromatic carbocycles. The molecule has 0 aromatic heterocycles. The van der Waals surface area contributed by atoms with Gasteiger partial charge in [-0.15, -0.1) is 0 Å². The summed E-state index contributed by atoms with van der Waals surface area (Å²) in [6.07, 6.45) is 3.16. The van der Waals surface area contributed by atoms with Crippen LogP contribution in [0.4, 0.5) is 0 Å². The summed E-state index contributed by atoms with van der Waals surface area (Å²) in [4.78, 5) is 0. The zero-order chi connectivity index (χ0) is 17.6. The van der Waals surface area contributed by atoms with Gasteiger partial charge in [-0.1, -0.05) is 75.7 Å². The van der Waals surface area contributed by atoms with E-state index in [0.29, 0.717) is 34.9 Å². The number of rotatable bonds is 3. The first-order chi connectivity index (χ1) is 10.3. The highest BCUT2D eigenvalue weighted by Gasteiger charge is 2.49. The summed E-state index contributed by atoms with van der Waals surface area (Å²) in [6, 6.07) is 0. The van der Waals surface area contributed by atoms with Crippen LogP contribution in [0.3, 0.4) is 0 Å². The average molecular weight is 315 g/mol. The number of ether oxygens (including phenoxy) is 2. The van der Waals surface area contributed by atoms with Crippen molar-refractivity contribution >= 4 is 0 Å². The zero-order valence-corrected chi connectivity index (χ0v) is 17.0. The molecule has 2 aliphatic heterocycles. The molecular formula is C20H42O2. The summed E-state index contributed by atoms with van der Waals surface area (Å²) in [5, 5.41) is 0. The van der Waals surface area contributed by atoms with Gasteiger partial charge in [-0.3, -0.25) is 0 Å². The standard InChI is InChI=1S/C16H30O2.2C2H6/c1-7-16(6,15(3,4)5)8-12-10-18-13-11(2)9-17-14(12)13;2*1-2/h11-14H,7-10H2,1-6H3;2*1-2H3. The lowest BCUT2D eigenvalue weighted by Crippen LogP contribution is -2.37. The van der Waals surface area contributed by atoms with Crippen LogP contribution in [-0.4, -0.2) is 25.4 Å². The molecule has 0 radical (unpaired) electrons. The molecule has 0 aromatic rings. The van der Waals surface area contributed by atoms with Gasteiger partial charge in [-0.25, -0.2) is 0 Å². The van der Waals surface area contributed by atoms with Crippen LogP contribution in [0.2, 0.25) is 0 Å². The Labute approximate surface area is 140 Å². The molecule has 2 heteroatoms. The molecule has 0 aliphatic carbocycles. The molecule has 2 saturated heterocycles. The normalized spacial score (nSPS) is 33.0. The van der Waals surface area contributed by atoms with Gasteiger partial charge in [0.2, 0.25) is 0 Å². The Morgan fingerprint density at radius 1 is 0.864 bits per heavy atom. The van der Waals surface area contributed by atoms with Crippen molar-refractivity contribution in [3.05, 3.63) is 0 Å². The monoisotopic (exact) mass is 314 g/mol. The Kier molecular flexibility index (Phi) is 9.24. The summed E-state index contributed by atoms with van der Waals surface area (Å²) in [6.45, 7) is 23.9. The van der Waals surface area contributed by atoms with Gasteiger partial charge in [0.1, 0.15) is 0 Å². The first kappa shape index (κ1) is 21.9. The second kappa shape index (κ2) is 9.27.